The van der Waals surface area contributed by atoms with Gasteiger partial charge in [0.25, 0.3) is 5.91 Å². The number of rotatable bonds is 7. The van der Waals surface area contributed by atoms with Crippen LogP contribution >= 0.6 is 0 Å². The number of nitriles is 1. The van der Waals surface area contributed by atoms with Gasteiger partial charge < -0.3 is 25.8 Å². The van der Waals surface area contributed by atoms with E-state index < -0.39 is 23.0 Å². The van der Waals surface area contributed by atoms with E-state index in [-0.39, 0.29) is 39.9 Å². The third kappa shape index (κ3) is 5.23. The lowest BCUT2D eigenvalue weighted by molar-refractivity contribution is 0.102. The number of carbonyl (C=O) groups excluding carboxylic acids is 1. The number of anilines is 2. The van der Waals surface area contributed by atoms with Gasteiger partial charge in [-0.1, -0.05) is 12.1 Å². The second kappa shape index (κ2) is 11.9. The standard InChI is InChI=1S/C40H37F2N7O2/c41-24-6-4-22(5-7-24)36-34(18-43)48(26-2-1-3-26)21-31(37(36)50)39(51)47-25-8-9-28(33(42)15-25)29-14-23(19-46-38(29)44)30-20-49(27-10-12-45-13-11-27)35-17-40(35)16-32(30)40/h4-9,14-15,19-21,26-27,32,35,45H,1-3,10-13,16-17H2,(H2,44,46)(H,47,51)/t32?,35-,40?/m1/s1. The van der Waals surface area contributed by atoms with Crippen molar-refractivity contribution in [1.82, 2.24) is 19.8 Å². The van der Waals surface area contributed by atoms with Gasteiger partial charge in [-0.3, -0.25) is 9.59 Å². The number of nitrogens with one attached hydrogen (secondary N) is 2. The molecule has 3 aliphatic carbocycles. The first-order valence-corrected chi connectivity index (χ1v) is 17.8. The van der Waals surface area contributed by atoms with Crippen LogP contribution in [0.2, 0.25) is 0 Å². The van der Waals surface area contributed by atoms with Crippen LogP contribution in [0.25, 0.3) is 27.8 Å². The Labute approximate surface area is 293 Å². The normalized spacial score (nSPS) is 23.7. The summed E-state index contributed by atoms with van der Waals surface area (Å²) < 4.78 is 31.3. The Morgan fingerprint density at radius 3 is 2.49 bits per heavy atom. The molecule has 9 nitrogen and oxygen atoms in total. The van der Waals surface area contributed by atoms with Gasteiger partial charge in [0.15, 0.2) is 0 Å². The smallest absolute Gasteiger partial charge is 0.261 e. The van der Waals surface area contributed by atoms with Crippen molar-refractivity contribution in [3.05, 3.63) is 106 Å². The fourth-order valence-electron chi connectivity index (χ4n) is 8.72. The van der Waals surface area contributed by atoms with Gasteiger partial charge in [-0.25, -0.2) is 13.8 Å². The van der Waals surface area contributed by atoms with Crippen LogP contribution in [0, 0.1) is 34.3 Å². The van der Waals surface area contributed by atoms with Crippen LogP contribution in [-0.2, 0) is 0 Å². The maximum absolute atomic E-state index is 15.9. The van der Waals surface area contributed by atoms with Crippen molar-refractivity contribution in [1.29, 1.82) is 5.26 Å². The number of nitrogens with zero attached hydrogens (tertiary/aromatic N) is 4. The van der Waals surface area contributed by atoms with Crippen molar-refractivity contribution in [3.8, 4) is 28.3 Å². The highest BCUT2D eigenvalue weighted by molar-refractivity contribution is 6.05. The molecule has 0 radical (unpaired) electrons. The lowest BCUT2D eigenvalue weighted by atomic mass is 9.91. The Morgan fingerprint density at radius 2 is 1.78 bits per heavy atom. The summed E-state index contributed by atoms with van der Waals surface area (Å²) in [5.74, 6) is -1.13. The number of aromatic nitrogens is 2. The van der Waals surface area contributed by atoms with Crippen molar-refractivity contribution in [2.75, 3.05) is 24.1 Å². The Balaban J connectivity index is 1.01. The van der Waals surface area contributed by atoms with E-state index in [0.29, 0.717) is 34.5 Å². The van der Waals surface area contributed by atoms with Gasteiger partial charge in [-0.15, -0.1) is 0 Å². The number of nitrogen functional groups attached to an aromatic ring is 1. The Bertz CT molecular complexity index is 2230. The zero-order chi connectivity index (χ0) is 35.0. The number of pyridine rings is 2. The monoisotopic (exact) mass is 685 g/mol. The van der Waals surface area contributed by atoms with Crippen LogP contribution < -0.4 is 21.8 Å². The molecule has 11 heteroatoms. The number of carbonyl (C=O) groups is 1. The third-order valence-electron chi connectivity index (χ3n) is 11.9. The molecule has 4 aromatic rings. The van der Waals surface area contributed by atoms with Crippen LogP contribution in [0.3, 0.4) is 0 Å². The predicted molar refractivity (Wildman–Crippen MR) is 190 cm³/mol. The Hall–Kier alpha value is -5.34. The first kappa shape index (κ1) is 31.6. The molecule has 1 spiro atoms. The summed E-state index contributed by atoms with van der Waals surface area (Å²) in [5.41, 5.74) is 9.41. The summed E-state index contributed by atoms with van der Waals surface area (Å²) in [6.45, 7) is 2.06. The SMILES string of the molecule is N#Cc1c(-c2ccc(F)cc2)c(=O)c(C(=O)Nc2ccc(-c3cc(C4=CN(C5CCNCC5)[C@@H]5CC56CC46)cnc3N)c(F)c2)cn1C1CCC1. The van der Waals surface area contributed by atoms with Crippen LogP contribution in [0.15, 0.2) is 71.9 Å². The average Bonchev–Trinajstić information content (AvgIpc) is 4.03. The summed E-state index contributed by atoms with van der Waals surface area (Å²) in [4.78, 5) is 34.5. The Morgan fingerprint density at radius 1 is 1.00 bits per heavy atom. The predicted octanol–water partition coefficient (Wildman–Crippen LogP) is 6.47. The molecule has 4 fully saturated rings. The van der Waals surface area contributed by atoms with E-state index in [2.05, 4.69) is 32.8 Å². The topological polar surface area (TPSA) is 129 Å². The van der Waals surface area contributed by atoms with E-state index in [1.807, 2.05) is 6.07 Å². The van der Waals surface area contributed by atoms with E-state index in [4.69, 9.17) is 5.73 Å². The minimum atomic E-state index is -0.740. The summed E-state index contributed by atoms with van der Waals surface area (Å²) in [6, 6.07) is 14.7. The molecule has 2 aliphatic heterocycles. The van der Waals surface area contributed by atoms with Crippen molar-refractivity contribution >= 4 is 23.0 Å². The first-order valence-electron chi connectivity index (χ1n) is 17.8. The highest BCUT2D eigenvalue weighted by Gasteiger charge is 2.75. The molecular formula is C40H37F2N7O2. The van der Waals surface area contributed by atoms with Gasteiger partial charge >= 0.3 is 0 Å². The van der Waals surface area contributed by atoms with Gasteiger partial charge in [0.05, 0.1) is 5.56 Å². The minimum absolute atomic E-state index is 0.0303. The van der Waals surface area contributed by atoms with Crippen molar-refractivity contribution < 1.29 is 13.6 Å². The van der Waals surface area contributed by atoms with Gasteiger partial charge in [0.2, 0.25) is 5.43 Å². The summed E-state index contributed by atoms with van der Waals surface area (Å²) >= 11 is 0. The fraction of sp³-hybridized carbons (Fsp3) is 0.350. The zero-order valence-corrected chi connectivity index (χ0v) is 28.0. The Kier molecular flexibility index (Phi) is 7.37. The number of nitrogens with two attached hydrogens (primary N) is 1. The van der Waals surface area contributed by atoms with Gasteiger partial charge in [0.1, 0.15) is 34.8 Å². The maximum atomic E-state index is 15.9. The molecule has 0 bridgehead atoms. The zero-order valence-electron chi connectivity index (χ0n) is 28.0. The molecule has 258 valence electrons. The van der Waals surface area contributed by atoms with Crippen molar-refractivity contribution in [2.45, 2.75) is 63.1 Å². The molecule has 2 unspecified atom stereocenters. The third-order valence-corrected chi connectivity index (χ3v) is 11.9. The second-order valence-corrected chi connectivity index (χ2v) is 14.7. The fourth-order valence-corrected chi connectivity index (χ4v) is 8.72. The molecular weight excluding hydrogens is 648 g/mol. The number of piperidine rings is 1. The molecule has 4 heterocycles. The number of hydrogen-bond donors (Lipinski definition) is 3. The van der Waals surface area contributed by atoms with E-state index in [1.165, 1.54) is 54.9 Å². The number of hydrogen-bond acceptors (Lipinski definition) is 7. The molecule has 9 rings (SSSR count). The summed E-state index contributed by atoms with van der Waals surface area (Å²) in [5, 5.41) is 16.2. The van der Waals surface area contributed by atoms with Gasteiger partial charge in [-0.2, -0.15) is 5.26 Å². The lowest BCUT2D eigenvalue weighted by Gasteiger charge is -2.37. The van der Waals surface area contributed by atoms with Crippen LogP contribution in [-0.4, -0.2) is 45.5 Å². The highest BCUT2D eigenvalue weighted by atomic mass is 19.1. The molecule has 3 saturated carbocycles. The average molecular weight is 686 g/mol. The number of allylic oxidation sites excluding steroid dienone is 1. The second-order valence-electron chi connectivity index (χ2n) is 14.7. The highest BCUT2D eigenvalue weighted by Crippen LogP contribution is 2.78. The molecule has 4 N–H and O–H groups in total. The molecule has 1 amide bonds. The lowest BCUT2D eigenvalue weighted by Crippen LogP contribution is -2.43. The largest absolute Gasteiger partial charge is 0.383 e. The summed E-state index contributed by atoms with van der Waals surface area (Å²) in [6.07, 6.45) is 12.7. The number of amides is 1. The molecule has 2 aromatic heterocycles. The van der Waals surface area contributed by atoms with Crippen LogP contribution in [0.1, 0.15) is 72.6 Å². The molecule has 51 heavy (non-hydrogen) atoms. The number of halogens is 2. The molecule has 2 aromatic carbocycles. The molecule has 3 atom stereocenters. The van der Waals surface area contributed by atoms with Gasteiger partial charge in [0, 0.05) is 58.9 Å². The summed E-state index contributed by atoms with van der Waals surface area (Å²) in [7, 11) is 0. The van der Waals surface area contributed by atoms with E-state index in [9.17, 15) is 19.2 Å². The van der Waals surface area contributed by atoms with Crippen molar-refractivity contribution in [3.63, 3.8) is 0 Å². The van der Waals surface area contributed by atoms with Gasteiger partial charge in [-0.05, 0) is 117 Å². The quantitative estimate of drug-likeness (QED) is 0.203. The van der Waals surface area contributed by atoms with Crippen LogP contribution in [0.4, 0.5) is 20.3 Å². The van der Waals surface area contributed by atoms with Crippen molar-refractivity contribution in [2.24, 2.45) is 11.3 Å². The first-order chi connectivity index (χ1) is 24.8. The molecule has 1 saturated heterocycles. The minimum Gasteiger partial charge on any atom is -0.383 e. The maximum Gasteiger partial charge on any atom is 0.261 e. The van der Waals surface area contributed by atoms with E-state index in [1.54, 1.807) is 22.9 Å². The van der Waals surface area contributed by atoms with E-state index in [0.717, 1.165) is 50.8 Å². The molecule has 5 aliphatic rings. The van der Waals surface area contributed by atoms with E-state index >= 15 is 4.39 Å². The number of benzene rings is 2. The van der Waals surface area contributed by atoms with Crippen LogP contribution in [0.5, 0.6) is 0 Å².